The number of rotatable bonds is 5. The van der Waals surface area contributed by atoms with E-state index in [1.165, 1.54) is 0 Å². The van der Waals surface area contributed by atoms with E-state index in [-0.39, 0.29) is 5.97 Å². The molecule has 0 bridgehead atoms. The molecule has 0 unspecified atom stereocenters. The van der Waals surface area contributed by atoms with Gasteiger partial charge in [-0.05, 0) is 62.5 Å². The first-order chi connectivity index (χ1) is 11.5. The van der Waals surface area contributed by atoms with Crippen LogP contribution in [-0.4, -0.2) is 36.5 Å². The van der Waals surface area contributed by atoms with Gasteiger partial charge in [0, 0.05) is 28.1 Å². The van der Waals surface area contributed by atoms with Gasteiger partial charge in [0.05, 0.1) is 5.56 Å². The van der Waals surface area contributed by atoms with E-state index in [0.29, 0.717) is 11.3 Å². The number of aromatic amines is 1. The molecule has 3 rings (SSSR count). The molecule has 5 heteroatoms. The maximum Gasteiger partial charge on any atom is 0.343 e. The van der Waals surface area contributed by atoms with Crippen LogP contribution < -0.4 is 4.74 Å². The van der Waals surface area contributed by atoms with E-state index >= 15 is 0 Å². The fourth-order valence-corrected chi connectivity index (χ4v) is 2.86. The van der Waals surface area contributed by atoms with Crippen LogP contribution in [0.4, 0.5) is 0 Å². The number of esters is 1. The molecule has 0 atom stereocenters. The van der Waals surface area contributed by atoms with Crippen LogP contribution >= 0.6 is 15.9 Å². The van der Waals surface area contributed by atoms with Gasteiger partial charge in [0.2, 0.25) is 0 Å². The second-order valence-electron chi connectivity index (χ2n) is 5.94. The molecule has 0 aliphatic rings. The fraction of sp³-hybridized carbons (Fsp3) is 0.211. The predicted octanol–water partition coefficient (Wildman–Crippen LogP) is 4.25. The van der Waals surface area contributed by atoms with Crippen LogP contribution in [0, 0.1) is 0 Å². The van der Waals surface area contributed by atoms with Gasteiger partial charge in [0.25, 0.3) is 0 Å². The summed E-state index contributed by atoms with van der Waals surface area (Å²) in [6, 6.07) is 12.9. The van der Waals surface area contributed by atoms with Crippen molar-refractivity contribution in [2.45, 2.75) is 6.42 Å². The molecule has 0 saturated carbocycles. The number of ether oxygens (including phenoxy) is 1. The maximum absolute atomic E-state index is 12.4. The van der Waals surface area contributed by atoms with Crippen molar-refractivity contribution in [3.8, 4) is 5.75 Å². The van der Waals surface area contributed by atoms with Crippen LogP contribution in [0.15, 0.2) is 53.1 Å². The van der Waals surface area contributed by atoms with Crippen molar-refractivity contribution in [1.82, 2.24) is 9.88 Å². The molecular formula is C19H19BrN2O2. The molecule has 0 amide bonds. The molecule has 0 aliphatic carbocycles. The van der Waals surface area contributed by atoms with Crippen LogP contribution in [-0.2, 0) is 6.42 Å². The summed E-state index contributed by atoms with van der Waals surface area (Å²) < 4.78 is 6.60. The summed E-state index contributed by atoms with van der Waals surface area (Å²) in [6.45, 7) is 0.932. The summed E-state index contributed by atoms with van der Waals surface area (Å²) in [5.41, 5.74) is 2.66. The van der Waals surface area contributed by atoms with Gasteiger partial charge in [-0.25, -0.2) is 4.79 Å². The fourth-order valence-electron chi connectivity index (χ4n) is 2.59. The smallest absolute Gasteiger partial charge is 0.343 e. The third-order valence-electron chi connectivity index (χ3n) is 3.86. The predicted molar refractivity (Wildman–Crippen MR) is 99.7 cm³/mol. The van der Waals surface area contributed by atoms with Crippen molar-refractivity contribution in [3.63, 3.8) is 0 Å². The Balaban J connectivity index is 1.89. The number of benzene rings is 2. The van der Waals surface area contributed by atoms with Crippen molar-refractivity contribution >= 4 is 32.8 Å². The largest absolute Gasteiger partial charge is 0.422 e. The first kappa shape index (κ1) is 16.7. The van der Waals surface area contributed by atoms with Gasteiger partial charge in [0.1, 0.15) is 5.75 Å². The number of hydrogen-bond donors (Lipinski definition) is 1. The summed E-state index contributed by atoms with van der Waals surface area (Å²) in [7, 11) is 4.09. The second kappa shape index (κ2) is 7.20. The number of hydrogen-bond acceptors (Lipinski definition) is 3. The number of likely N-dealkylation sites (N-methyl/N-ethyl adjacent to an activating group) is 1. The number of fused-ring (bicyclic) bond motifs is 1. The zero-order chi connectivity index (χ0) is 17.1. The lowest BCUT2D eigenvalue weighted by atomic mass is 10.1. The normalized spacial score (nSPS) is 11.2. The molecular weight excluding hydrogens is 368 g/mol. The Hall–Kier alpha value is -2.11. The van der Waals surface area contributed by atoms with E-state index in [0.717, 1.165) is 33.9 Å². The van der Waals surface area contributed by atoms with Crippen molar-refractivity contribution in [3.05, 3.63) is 64.3 Å². The van der Waals surface area contributed by atoms with Gasteiger partial charge in [0.15, 0.2) is 0 Å². The molecule has 0 fully saturated rings. The standard InChI is InChI=1S/C19H19BrN2O2/c1-22(2)11-10-14-12-21-16-4-3-5-17(18(14)16)24-19(23)13-6-8-15(20)9-7-13/h3-9,12,21H,10-11H2,1-2H3. The second-order valence-corrected chi connectivity index (χ2v) is 6.86. The number of H-pyrrole nitrogens is 1. The molecule has 0 aliphatic heterocycles. The number of carbonyl (C=O) groups is 1. The molecule has 0 saturated heterocycles. The van der Waals surface area contributed by atoms with Gasteiger partial charge in [-0.2, -0.15) is 0 Å². The average Bonchev–Trinajstić information content (AvgIpc) is 2.97. The average molecular weight is 387 g/mol. The van der Waals surface area contributed by atoms with Crippen molar-refractivity contribution in [1.29, 1.82) is 0 Å². The minimum absolute atomic E-state index is 0.352. The SMILES string of the molecule is CN(C)CCc1c[nH]c2cccc(OC(=O)c3ccc(Br)cc3)c12. The van der Waals surface area contributed by atoms with Crippen LogP contribution in [0.25, 0.3) is 10.9 Å². The lowest BCUT2D eigenvalue weighted by molar-refractivity contribution is 0.0737. The van der Waals surface area contributed by atoms with Gasteiger partial charge < -0.3 is 14.6 Å². The van der Waals surface area contributed by atoms with E-state index in [1.54, 1.807) is 12.1 Å². The summed E-state index contributed by atoms with van der Waals surface area (Å²) in [6.07, 6.45) is 2.88. The Morgan fingerprint density at radius 1 is 1.17 bits per heavy atom. The lowest BCUT2D eigenvalue weighted by Gasteiger charge is -2.10. The van der Waals surface area contributed by atoms with Crippen molar-refractivity contribution in [2.75, 3.05) is 20.6 Å². The summed E-state index contributed by atoms with van der Waals surface area (Å²) >= 11 is 3.37. The molecule has 1 heterocycles. The number of carbonyl (C=O) groups excluding carboxylic acids is 1. The molecule has 0 radical (unpaired) electrons. The minimum atomic E-state index is -0.352. The third kappa shape index (κ3) is 3.68. The summed E-state index contributed by atoms with van der Waals surface area (Å²) in [5.74, 6) is 0.241. The lowest BCUT2D eigenvalue weighted by Crippen LogP contribution is -2.15. The Morgan fingerprint density at radius 2 is 1.92 bits per heavy atom. The van der Waals surface area contributed by atoms with Crippen LogP contribution in [0.5, 0.6) is 5.75 Å². The highest BCUT2D eigenvalue weighted by Gasteiger charge is 2.14. The molecule has 3 aromatic rings. The first-order valence-corrected chi connectivity index (χ1v) is 8.55. The maximum atomic E-state index is 12.4. The Labute approximate surface area is 149 Å². The summed E-state index contributed by atoms with van der Waals surface area (Å²) in [5, 5.41) is 0.977. The highest BCUT2D eigenvalue weighted by atomic mass is 79.9. The number of halogens is 1. The van der Waals surface area contributed by atoms with Crippen LogP contribution in [0.2, 0.25) is 0 Å². The van der Waals surface area contributed by atoms with Crippen LogP contribution in [0.1, 0.15) is 15.9 Å². The zero-order valence-electron chi connectivity index (χ0n) is 13.7. The topological polar surface area (TPSA) is 45.3 Å². The molecule has 24 heavy (non-hydrogen) atoms. The summed E-state index contributed by atoms with van der Waals surface area (Å²) in [4.78, 5) is 17.8. The van der Waals surface area contributed by atoms with Gasteiger partial charge in [-0.1, -0.05) is 22.0 Å². The Morgan fingerprint density at radius 3 is 2.62 bits per heavy atom. The molecule has 0 spiro atoms. The number of aromatic nitrogens is 1. The molecule has 1 aromatic heterocycles. The highest BCUT2D eigenvalue weighted by Crippen LogP contribution is 2.30. The van der Waals surface area contributed by atoms with E-state index in [4.69, 9.17) is 4.74 Å². The van der Waals surface area contributed by atoms with E-state index in [1.807, 2.05) is 50.6 Å². The zero-order valence-corrected chi connectivity index (χ0v) is 15.3. The van der Waals surface area contributed by atoms with Gasteiger partial charge in [-0.3, -0.25) is 0 Å². The Bertz CT molecular complexity index is 853. The van der Waals surface area contributed by atoms with Crippen molar-refractivity contribution < 1.29 is 9.53 Å². The van der Waals surface area contributed by atoms with Crippen LogP contribution in [0.3, 0.4) is 0 Å². The molecule has 4 nitrogen and oxygen atoms in total. The van der Waals surface area contributed by atoms with Gasteiger partial charge in [-0.15, -0.1) is 0 Å². The van der Waals surface area contributed by atoms with E-state index in [2.05, 4.69) is 25.8 Å². The minimum Gasteiger partial charge on any atom is -0.422 e. The quantitative estimate of drug-likeness (QED) is 0.526. The highest BCUT2D eigenvalue weighted by molar-refractivity contribution is 9.10. The molecule has 2 aromatic carbocycles. The molecule has 124 valence electrons. The first-order valence-electron chi connectivity index (χ1n) is 7.76. The number of nitrogens with zero attached hydrogens (tertiary/aromatic N) is 1. The monoisotopic (exact) mass is 386 g/mol. The third-order valence-corrected chi connectivity index (χ3v) is 4.39. The van der Waals surface area contributed by atoms with E-state index < -0.39 is 0 Å². The Kier molecular flexibility index (Phi) is 5.02. The van der Waals surface area contributed by atoms with Gasteiger partial charge >= 0.3 is 5.97 Å². The molecule has 1 N–H and O–H groups in total. The number of nitrogens with one attached hydrogen (secondary N) is 1. The van der Waals surface area contributed by atoms with Crippen molar-refractivity contribution in [2.24, 2.45) is 0 Å². The van der Waals surface area contributed by atoms with E-state index in [9.17, 15) is 4.79 Å².